The Labute approximate surface area is 126 Å². The topological polar surface area (TPSA) is 29.5 Å². The van der Waals surface area contributed by atoms with Crippen molar-refractivity contribution in [2.24, 2.45) is 0 Å². The molecule has 2 aromatic carbocycles. The standard InChI is InChI=1S/C15H13Cl2FO2/c1-15(19,9-4-3-5-10(6-9)20-2)11-7-14(18)13(17)8-12(11)16/h3-8,19H,1-2H3. The second-order valence-electron chi connectivity index (χ2n) is 4.55. The zero-order valence-electron chi connectivity index (χ0n) is 11.0. The lowest BCUT2D eigenvalue weighted by molar-refractivity contribution is 0.102. The second-order valence-corrected chi connectivity index (χ2v) is 5.36. The number of ether oxygens (including phenoxy) is 1. The van der Waals surface area contributed by atoms with Crippen LogP contribution in [-0.2, 0) is 5.60 Å². The van der Waals surface area contributed by atoms with Gasteiger partial charge in [-0.15, -0.1) is 0 Å². The van der Waals surface area contributed by atoms with Gasteiger partial charge in [-0.25, -0.2) is 4.39 Å². The maximum absolute atomic E-state index is 13.6. The second kappa shape index (κ2) is 5.60. The van der Waals surface area contributed by atoms with Crippen molar-refractivity contribution in [3.8, 4) is 5.75 Å². The van der Waals surface area contributed by atoms with E-state index in [-0.39, 0.29) is 15.6 Å². The van der Waals surface area contributed by atoms with E-state index < -0.39 is 11.4 Å². The van der Waals surface area contributed by atoms with Gasteiger partial charge in [0.15, 0.2) is 0 Å². The molecule has 0 fully saturated rings. The van der Waals surface area contributed by atoms with Crippen LogP contribution in [0, 0.1) is 5.82 Å². The lowest BCUT2D eigenvalue weighted by Gasteiger charge is -2.26. The third-order valence-corrected chi connectivity index (χ3v) is 3.77. The van der Waals surface area contributed by atoms with Gasteiger partial charge in [-0.1, -0.05) is 35.3 Å². The van der Waals surface area contributed by atoms with Crippen molar-refractivity contribution in [3.63, 3.8) is 0 Å². The molecule has 0 aliphatic rings. The minimum absolute atomic E-state index is 0.0832. The molecule has 20 heavy (non-hydrogen) atoms. The van der Waals surface area contributed by atoms with Gasteiger partial charge in [-0.05, 0) is 36.8 Å². The molecule has 1 unspecified atom stereocenters. The molecule has 2 aromatic rings. The molecule has 0 amide bonds. The smallest absolute Gasteiger partial charge is 0.142 e. The number of hydrogen-bond donors (Lipinski definition) is 1. The normalized spacial score (nSPS) is 13.9. The van der Waals surface area contributed by atoms with Crippen molar-refractivity contribution in [1.29, 1.82) is 0 Å². The average molecular weight is 315 g/mol. The predicted octanol–water partition coefficient (Wildman–Crippen LogP) is 4.40. The van der Waals surface area contributed by atoms with E-state index in [4.69, 9.17) is 27.9 Å². The zero-order chi connectivity index (χ0) is 14.9. The molecule has 1 atom stereocenters. The zero-order valence-corrected chi connectivity index (χ0v) is 12.5. The molecule has 0 spiro atoms. The summed E-state index contributed by atoms with van der Waals surface area (Å²) in [5.41, 5.74) is -0.674. The first-order valence-electron chi connectivity index (χ1n) is 5.88. The van der Waals surface area contributed by atoms with Crippen molar-refractivity contribution in [1.82, 2.24) is 0 Å². The van der Waals surface area contributed by atoms with Gasteiger partial charge in [-0.3, -0.25) is 0 Å². The fourth-order valence-corrected chi connectivity index (χ4v) is 2.54. The number of aliphatic hydroxyl groups is 1. The van der Waals surface area contributed by atoms with Crippen LogP contribution in [0.15, 0.2) is 36.4 Å². The maximum atomic E-state index is 13.6. The highest BCUT2D eigenvalue weighted by molar-refractivity contribution is 6.35. The van der Waals surface area contributed by atoms with Gasteiger partial charge in [-0.2, -0.15) is 0 Å². The molecule has 0 bridgehead atoms. The summed E-state index contributed by atoms with van der Waals surface area (Å²) in [5.74, 6) is -0.0393. The molecule has 0 radical (unpaired) electrons. The Morgan fingerprint density at radius 1 is 1.15 bits per heavy atom. The van der Waals surface area contributed by atoms with Crippen molar-refractivity contribution in [3.05, 3.63) is 63.4 Å². The van der Waals surface area contributed by atoms with E-state index in [9.17, 15) is 9.50 Å². The maximum Gasteiger partial charge on any atom is 0.142 e. The van der Waals surface area contributed by atoms with E-state index in [1.165, 1.54) is 20.1 Å². The third-order valence-electron chi connectivity index (χ3n) is 3.17. The van der Waals surface area contributed by atoms with Crippen LogP contribution in [0.3, 0.4) is 0 Å². The van der Waals surface area contributed by atoms with Gasteiger partial charge in [0, 0.05) is 10.6 Å². The summed E-state index contributed by atoms with van der Waals surface area (Å²) in [7, 11) is 1.53. The van der Waals surface area contributed by atoms with E-state index in [2.05, 4.69) is 0 Å². The molecular formula is C15H13Cl2FO2. The fourth-order valence-electron chi connectivity index (χ4n) is 1.98. The van der Waals surface area contributed by atoms with Crippen molar-refractivity contribution in [2.45, 2.75) is 12.5 Å². The summed E-state index contributed by atoms with van der Waals surface area (Å²) in [6, 6.07) is 9.30. The minimum atomic E-state index is -1.46. The lowest BCUT2D eigenvalue weighted by atomic mass is 9.88. The van der Waals surface area contributed by atoms with Crippen molar-refractivity contribution < 1.29 is 14.2 Å². The van der Waals surface area contributed by atoms with Crippen LogP contribution in [0.25, 0.3) is 0 Å². The van der Waals surface area contributed by atoms with E-state index >= 15 is 0 Å². The first-order chi connectivity index (χ1) is 9.36. The Bertz CT molecular complexity index is 642. The van der Waals surface area contributed by atoms with Crippen LogP contribution < -0.4 is 4.74 Å². The molecule has 0 saturated heterocycles. The van der Waals surface area contributed by atoms with Gasteiger partial charge in [0.2, 0.25) is 0 Å². The van der Waals surface area contributed by atoms with E-state index in [1.807, 2.05) is 0 Å². The SMILES string of the molecule is COc1cccc(C(C)(O)c2cc(F)c(Cl)cc2Cl)c1. The molecule has 2 nitrogen and oxygen atoms in total. The van der Waals surface area contributed by atoms with Gasteiger partial charge in [0.25, 0.3) is 0 Å². The molecule has 106 valence electrons. The van der Waals surface area contributed by atoms with E-state index in [0.717, 1.165) is 6.07 Å². The molecule has 0 heterocycles. The van der Waals surface area contributed by atoms with Crippen LogP contribution in [0.4, 0.5) is 4.39 Å². The lowest BCUT2D eigenvalue weighted by Crippen LogP contribution is -2.23. The number of halogens is 3. The number of hydrogen-bond acceptors (Lipinski definition) is 2. The van der Waals surface area contributed by atoms with Crippen LogP contribution in [0.1, 0.15) is 18.1 Å². The Balaban J connectivity index is 2.56. The fraction of sp³-hybridized carbons (Fsp3) is 0.200. The van der Waals surface area contributed by atoms with Gasteiger partial charge < -0.3 is 9.84 Å². The molecule has 0 aromatic heterocycles. The highest BCUT2D eigenvalue weighted by atomic mass is 35.5. The average Bonchev–Trinajstić information content (AvgIpc) is 2.42. The Morgan fingerprint density at radius 3 is 2.50 bits per heavy atom. The van der Waals surface area contributed by atoms with Crippen LogP contribution >= 0.6 is 23.2 Å². The van der Waals surface area contributed by atoms with Gasteiger partial charge >= 0.3 is 0 Å². The predicted molar refractivity (Wildman–Crippen MR) is 78.1 cm³/mol. The number of rotatable bonds is 3. The van der Waals surface area contributed by atoms with Crippen molar-refractivity contribution in [2.75, 3.05) is 7.11 Å². The first-order valence-corrected chi connectivity index (χ1v) is 6.63. The summed E-state index contributed by atoms with van der Waals surface area (Å²) >= 11 is 11.7. The monoisotopic (exact) mass is 314 g/mol. The van der Waals surface area contributed by atoms with E-state index in [0.29, 0.717) is 11.3 Å². The Morgan fingerprint density at radius 2 is 1.85 bits per heavy atom. The van der Waals surface area contributed by atoms with E-state index in [1.54, 1.807) is 24.3 Å². The number of benzene rings is 2. The Hall–Kier alpha value is -1.29. The molecule has 1 N–H and O–H groups in total. The number of methoxy groups -OCH3 is 1. The molecule has 2 rings (SSSR count). The minimum Gasteiger partial charge on any atom is -0.497 e. The Kier molecular flexibility index (Phi) is 4.23. The third kappa shape index (κ3) is 2.75. The molecular weight excluding hydrogens is 302 g/mol. The largest absolute Gasteiger partial charge is 0.497 e. The van der Waals surface area contributed by atoms with Gasteiger partial charge in [0.1, 0.15) is 17.2 Å². The van der Waals surface area contributed by atoms with Crippen molar-refractivity contribution >= 4 is 23.2 Å². The summed E-state index contributed by atoms with van der Waals surface area (Å²) in [6.07, 6.45) is 0. The van der Waals surface area contributed by atoms with Gasteiger partial charge in [0.05, 0.1) is 12.1 Å². The summed E-state index contributed by atoms with van der Waals surface area (Å²) in [6.45, 7) is 1.54. The highest BCUT2D eigenvalue weighted by Gasteiger charge is 2.29. The quantitative estimate of drug-likeness (QED) is 0.851. The molecule has 0 aliphatic heterocycles. The summed E-state index contributed by atoms with van der Waals surface area (Å²) in [5, 5.41) is 10.8. The molecule has 0 aliphatic carbocycles. The van der Waals surface area contributed by atoms with Crippen LogP contribution in [0.5, 0.6) is 5.75 Å². The summed E-state index contributed by atoms with van der Waals surface area (Å²) in [4.78, 5) is 0. The summed E-state index contributed by atoms with van der Waals surface area (Å²) < 4.78 is 18.7. The van der Waals surface area contributed by atoms with Crippen LogP contribution in [-0.4, -0.2) is 12.2 Å². The first kappa shape index (κ1) is 15.1. The molecule has 0 saturated carbocycles. The highest BCUT2D eigenvalue weighted by Crippen LogP contribution is 2.37. The van der Waals surface area contributed by atoms with Crippen LogP contribution in [0.2, 0.25) is 10.0 Å². The molecule has 5 heteroatoms.